The quantitative estimate of drug-likeness (QED) is 0.762. The SMILES string of the molecule is Cc1ccc(C(=O)NC[C@@H]2CC[C@H](CC(=O)N3CCOCC3)N2C)c(=O)[nH]1. The molecule has 2 aliphatic rings. The first-order valence-corrected chi connectivity index (χ1v) is 9.51. The summed E-state index contributed by atoms with van der Waals surface area (Å²) in [6.07, 6.45) is 2.35. The van der Waals surface area contributed by atoms with Gasteiger partial charge in [0.1, 0.15) is 5.56 Å². The van der Waals surface area contributed by atoms with E-state index in [2.05, 4.69) is 15.2 Å². The van der Waals surface area contributed by atoms with Gasteiger partial charge >= 0.3 is 0 Å². The molecule has 8 nitrogen and oxygen atoms in total. The summed E-state index contributed by atoms with van der Waals surface area (Å²) in [7, 11) is 2.00. The number of carbonyl (C=O) groups excluding carboxylic acids is 2. The van der Waals surface area contributed by atoms with Gasteiger partial charge < -0.3 is 19.9 Å². The molecule has 148 valence electrons. The molecular weight excluding hydrogens is 348 g/mol. The molecule has 2 atom stereocenters. The molecule has 3 heterocycles. The predicted molar refractivity (Wildman–Crippen MR) is 101 cm³/mol. The fraction of sp³-hybridized carbons (Fsp3) is 0.632. The lowest BCUT2D eigenvalue weighted by atomic mass is 10.1. The maximum atomic E-state index is 12.5. The van der Waals surface area contributed by atoms with Crippen molar-refractivity contribution in [3.05, 3.63) is 33.7 Å². The molecule has 0 radical (unpaired) electrons. The second-order valence-electron chi connectivity index (χ2n) is 7.34. The maximum Gasteiger partial charge on any atom is 0.260 e. The second-order valence-corrected chi connectivity index (χ2v) is 7.34. The topological polar surface area (TPSA) is 94.7 Å². The summed E-state index contributed by atoms with van der Waals surface area (Å²) in [5.74, 6) is -0.191. The smallest absolute Gasteiger partial charge is 0.260 e. The lowest BCUT2D eigenvalue weighted by Crippen LogP contribution is -2.45. The van der Waals surface area contributed by atoms with Crippen LogP contribution in [-0.2, 0) is 9.53 Å². The molecule has 8 heteroatoms. The van der Waals surface area contributed by atoms with Gasteiger partial charge in [-0.3, -0.25) is 19.3 Å². The molecule has 1 aromatic rings. The molecule has 1 aromatic heterocycles. The number of amides is 2. The molecule has 27 heavy (non-hydrogen) atoms. The molecular formula is C19H28N4O4. The van der Waals surface area contributed by atoms with Crippen molar-refractivity contribution >= 4 is 11.8 Å². The fourth-order valence-corrected chi connectivity index (χ4v) is 3.78. The zero-order chi connectivity index (χ0) is 19.4. The van der Waals surface area contributed by atoms with Gasteiger partial charge in [-0.25, -0.2) is 0 Å². The third-order valence-corrected chi connectivity index (χ3v) is 5.56. The van der Waals surface area contributed by atoms with Crippen LogP contribution in [0.5, 0.6) is 0 Å². The number of aryl methyl sites for hydroxylation is 1. The van der Waals surface area contributed by atoms with E-state index in [1.165, 1.54) is 0 Å². The van der Waals surface area contributed by atoms with Crippen LogP contribution in [0.4, 0.5) is 0 Å². The summed E-state index contributed by atoms with van der Waals surface area (Å²) in [6, 6.07) is 3.61. The Kier molecular flexibility index (Phi) is 6.28. The molecule has 0 aromatic carbocycles. The van der Waals surface area contributed by atoms with E-state index >= 15 is 0 Å². The van der Waals surface area contributed by atoms with Crippen molar-refractivity contribution in [2.24, 2.45) is 0 Å². The van der Waals surface area contributed by atoms with E-state index in [4.69, 9.17) is 4.74 Å². The van der Waals surface area contributed by atoms with Gasteiger partial charge in [0.15, 0.2) is 0 Å². The largest absolute Gasteiger partial charge is 0.378 e. The lowest BCUT2D eigenvalue weighted by molar-refractivity contribution is -0.136. The van der Waals surface area contributed by atoms with Crippen LogP contribution in [0.2, 0.25) is 0 Å². The molecule has 0 saturated carbocycles. The van der Waals surface area contributed by atoms with Gasteiger partial charge in [0.2, 0.25) is 5.91 Å². The number of hydrogen-bond acceptors (Lipinski definition) is 5. The molecule has 2 saturated heterocycles. The standard InChI is InChI=1S/C19H28N4O4/c1-13-3-6-16(19(26)21-13)18(25)20-12-15-5-4-14(22(15)2)11-17(24)23-7-9-27-10-8-23/h3,6,14-15H,4-5,7-12H2,1-2H3,(H,20,25)(H,21,26)/t14-,15+/m1/s1. The highest BCUT2D eigenvalue weighted by Gasteiger charge is 2.33. The number of H-pyrrole nitrogens is 1. The number of morpholine rings is 1. The Balaban J connectivity index is 1.49. The van der Waals surface area contributed by atoms with E-state index in [9.17, 15) is 14.4 Å². The number of nitrogens with zero attached hydrogens (tertiary/aromatic N) is 2. The first kappa shape index (κ1) is 19.6. The van der Waals surface area contributed by atoms with Gasteiger partial charge in [-0.1, -0.05) is 0 Å². The molecule has 3 rings (SSSR count). The minimum Gasteiger partial charge on any atom is -0.378 e. The van der Waals surface area contributed by atoms with Crippen molar-refractivity contribution in [3.8, 4) is 0 Å². The Labute approximate surface area is 158 Å². The molecule has 2 N–H and O–H groups in total. The van der Waals surface area contributed by atoms with E-state index in [0.29, 0.717) is 39.3 Å². The summed E-state index contributed by atoms with van der Waals surface area (Å²) < 4.78 is 5.29. The third kappa shape index (κ3) is 4.75. The van der Waals surface area contributed by atoms with Crippen LogP contribution in [0.1, 0.15) is 35.3 Å². The van der Waals surface area contributed by atoms with Crippen molar-refractivity contribution in [1.82, 2.24) is 20.1 Å². The van der Waals surface area contributed by atoms with Crippen LogP contribution in [-0.4, -0.2) is 78.6 Å². The zero-order valence-electron chi connectivity index (χ0n) is 16.0. The predicted octanol–water partition coefficient (Wildman–Crippen LogP) is 0.125. The highest BCUT2D eigenvalue weighted by atomic mass is 16.5. The average Bonchev–Trinajstić information content (AvgIpc) is 3.00. The molecule has 0 unspecified atom stereocenters. The van der Waals surface area contributed by atoms with E-state index < -0.39 is 0 Å². The van der Waals surface area contributed by atoms with Gasteiger partial charge in [0.05, 0.1) is 13.2 Å². The Morgan fingerprint density at radius 3 is 2.63 bits per heavy atom. The van der Waals surface area contributed by atoms with Crippen LogP contribution in [0.15, 0.2) is 16.9 Å². The zero-order valence-corrected chi connectivity index (χ0v) is 16.0. The number of hydrogen-bond donors (Lipinski definition) is 2. The van der Waals surface area contributed by atoms with Gasteiger partial charge in [-0.2, -0.15) is 0 Å². The van der Waals surface area contributed by atoms with Crippen LogP contribution in [0.3, 0.4) is 0 Å². The summed E-state index contributed by atoms with van der Waals surface area (Å²) in [5, 5.41) is 2.86. The minimum atomic E-state index is -0.374. The van der Waals surface area contributed by atoms with Gasteiger partial charge in [-0.15, -0.1) is 0 Å². The van der Waals surface area contributed by atoms with Crippen LogP contribution >= 0.6 is 0 Å². The molecule has 0 bridgehead atoms. The number of ether oxygens (including phenoxy) is 1. The number of carbonyl (C=O) groups is 2. The van der Waals surface area contributed by atoms with Crippen LogP contribution in [0, 0.1) is 6.92 Å². The minimum absolute atomic E-state index is 0.125. The summed E-state index contributed by atoms with van der Waals surface area (Å²) in [4.78, 5) is 43.3. The monoisotopic (exact) mass is 376 g/mol. The first-order chi connectivity index (χ1) is 13.0. The van der Waals surface area contributed by atoms with E-state index in [0.717, 1.165) is 18.5 Å². The van der Waals surface area contributed by atoms with Gasteiger partial charge in [0.25, 0.3) is 11.5 Å². The van der Waals surface area contributed by atoms with Crippen molar-refractivity contribution in [3.63, 3.8) is 0 Å². The second kappa shape index (κ2) is 8.67. The normalized spacial score (nSPS) is 23.4. The summed E-state index contributed by atoms with van der Waals surface area (Å²) in [5.41, 5.74) is 0.474. The van der Waals surface area contributed by atoms with E-state index in [-0.39, 0.29) is 35.0 Å². The van der Waals surface area contributed by atoms with Crippen molar-refractivity contribution < 1.29 is 14.3 Å². The third-order valence-electron chi connectivity index (χ3n) is 5.56. The summed E-state index contributed by atoms with van der Waals surface area (Å²) in [6.45, 7) is 4.79. The molecule has 0 aliphatic carbocycles. The number of nitrogens with one attached hydrogen (secondary N) is 2. The Bertz CT molecular complexity index is 741. The molecule has 0 spiro atoms. The van der Waals surface area contributed by atoms with Crippen molar-refractivity contribution in [2.75, 3.05) is 39.9 Å². The van der Waals surface area contributed by atoms with Crippen molar-refractivity contribution in [2.45, 2.75) is 38.3 Å². The molecule has 2 aliphatic heterocycles. The summed E-state index contributed by atoms with van der Waals surface area (Å²) >= 11 is 0. The number of pyridine rings is 1. The highest BCUT2D eigenvalue weighted by molar-refractivity contribution is 5.93. The number of rotatable bonds is 5. The van der Waals surface area contributed by atoms with Crippen LogP contribution in [0.25, 0.3) is 0 Å². The van der Waals surface area contributed by atoms with E-state index in [1.54, 1.807) is 19.1 Å². The number of likely N-dealkylation sites (N-methyl/N-ethyl adjacent to an activating group) is 1. The number of likely N-dealkylation sites (tertiary alicyclic amines) is 1. The van der Waals surface area contributed by atoms with Crippen LogP contribution < -0.4 is 10.9 Å². The Hall–Kier alpha value is -2.19. The van der Waals surface area contributed by atoms with Gasteiger partial charge in [-0.05, 0) is 38.9 Å². The molecule has 2 amide bonds. The van der Waals surface area contributed by atoms with Crippen molar-refractivity contribution in [1.29, 1.82) is 0 Å². The highest BCUT2D eigenvalue weighted by Crippen LogP contribution is 2.25. The Morgan fingerprint density at radius 1 is 1.22 bits per heavy atom. The first-order valence-electron chi connectivity index (χ1n) is 9.51. The fourth-order valence-electron chi connectivity index (χ4n) is 3.78. The van der Waals surface area contributed by atoms with E-state index in [1.807, 2.05) is 11.9 Å². The maximum absolute atomic E-state index is 12.5. The Morgan fingerprint density at radius 2 is 1.93 bits per heavy atom. The lowest BCUT2D eigenvalue weighted by Gasteiger charge is -2.30. The number of aromatic amines is 1. The number of aromatic nitrogens is 1. The van der Waals surface area contributed by atoms with Gasteiger partial charge in [0, 0.05) is 43.8 Å². The average molecular weight is 376 g/mol. The molecule has 2 fully saturated rings.